The van der Waals surface area contributed by atoms with E-state index < -0.39 is 5.72 Å². The highest BCUT2D eigenvalue weighted by Crippen LogP contribution is 2.14. The van der Waals surface area contributed by atoms with Crippen LogP contribution in [0.3, 0.4) is 0 Å². The van der Waals surface area contributed by atoms with E-state index in [1.165, 1.54) is 25.9 Å². The highest BCUT2D eigenvalue weighted by molar-refractivity contribution is 4.75. The van der Waals surface area contributed by atoms with Crippen molar-refractivity contribution < 1.29 is 5.11 Å². The molecule has 1 atom stereocenters. The average molecular weight is 186 g/mol. The maximum atomic E-state index is 9.95. The molecule has 1 unspecified atom stereocenters. The Kier molecular flexibility index (Phi) is 4.16. The highest BCUT2D eigenvalue weighted by Gasteiger charge is 2.23. The summed E-state index contributed by atoms with van der Waals surface area (Å²) in [6, 6.07) is 0. The zero-order chi connectivity index (χ0) is 9.73. The van der Waals surface area contributed by atoms with Crippen molar-refractivity contribution in [1.29, 1.82) is 0 Å². The third-order valence-electron chi connectivity index (χ3n) is 3.09. The molecule has 13 heavy (non-hydrogen) atoms. The van der Waals surface area contributed by atoms with Crippen LogP contribution >= 0.6 is 0 Å². The molecule has 2 N–H and O–H groups in total. The summed E-state index contributed by atoms with van der Waals surface area (Å²) in [5.41, 5.74) is -0.650. The van der Waals surface area contributed by atoms with Gasteiger partial charge in [-0.25, -0.2) is 0 Å². The zero-order valence-electron chi connectivity index (χ0n) is 8.84. The van der Waals surface area contributed by atoms with Crippen molar-refractivity contribution in [3.63, 3.8) is 0 Å². The van der Waals surface area contributed by atoms with E-state index in [9.17, 15) is 5.11 Å². The number of aliphatic hydroxyl groups is 1. The zero-order valence-corrected chi connectivity index (χ0v) is 8.84. The predicted octanol–water partition coefficient (Wildman–Crippen LogP) is 0.790. The molecule has 0 bridgehead atoms. The molecule has 0 aromatic heterocycles. The van der Waals surface area contributed by atoms with Crippen molar-refractivity contribution in [2.75, 3.05) is 26.7 Å². The fourth-order valence-electron chi connectivity index (χ4n) is 1.83. The molecule has 1 aliphatic heterocycles. The molecule has 0 aromatic rings. The van der Waals surface area contributed by atoms with Crippen LogP contribution in [0.4, 0.5) is 0 Å². The van der Waals surface area contributed by atoms with Crippen LogP contribution in [0, 0.1) is 0 Å². The van der Waals surface area contributed by atoms with E-state index in [-0.39, 0.29) is 0 Å². The molecule has 1 fully saturated rings. The number of rotatable bonds is 5. The molecule has 1 rings (SSSR count). The Morgan fingerprint density at radius 2 is 2.00 bits per heavy atom. The molecule has 0 saturated carbocycles. The van der Waals surface area contributed by atoms with Crippen LogP contribution in [-0.4, -0.2) is 42.4 Å². The SMILES string of the molecule is CCC(O)(CCN1CCCC1)NC. The molecule has 0 aromatic carbocycles. The molecule has 1 saturated heterocycles. The molecule has 0 aliphatic carbocycles. The van der Waals surface area contributed by atoms with Gasteiger partial charge in [-0.05, 0) is 39.4 Å². The first kappa shape index (κ1) is 11.0. The fourth-order valence-corrected chi connectivity index (χ4v) is 1.83. The Labute approximate surface area is 81.1 Å². The summed E-state index contributed by atoms with van der Waals surface area (Å²) in [4.78, 5) is 2.43. The van der Waals surface area contributed by atoms with Gasteiger partial charge in [0.1, 0.15) is 5.72 Å². The molecular formula is C10H22N2O. The lowest BCUT2D eigenvalue weighted by molar-refractivity contribution is -0.00613. The topological polar surface area (TPSA) is 35.5 Å². The molecule has 3 heteroatoms. The van der Waals surface area contributed by atoms with Gasteiger partial charge in [0.05, 0.1) is 0 Å². The van der Waals surface area contributed by atoms with Gasteiger partial charge in [-0.3, -0.25) is 5.32 Å². The lowest BCUT2D eigenvalue weighted by Crippen LogP contribution is -2.44. The minimum atomic E-state index is -0.650. The van der Waals surface area contributed by atoms with Gasteiger partial charge < -0.3 is 10.0 Å². The smallest absolute Gasteiger partial charge is 0.116 e. The first-order chi connectivity index (χ1) is 6.20. The Balaban J connectivity index is 2.22. The number of nitrogens with zero attached hydrogens (tertiary/aromatic N) is 1. The van der Waals surface area contributed by atoms with Crippen LogP contribution < -0.4 is 5.32 Å². The van der Waals surface area contributed by atoms with Crippen LogP contribution in [0.1, 0.15) is 32.6 Å². The first-order valence-corrected chi connectivity index (χ1v) is 5.34. The van der Waals surface area contributed by atoms with Gasteiger partial charge in [-0.15, -0.1) is 0 Å². The van der Waals surface area contributed by atoms with E-state index in [1.807, 2.05) is 14.0 Å². The molecule has 0 radical (unpaired) electrons. The van der Waals surface area contributed by atoms with Crippen LogP contribution in [0.2, 0.25) is 0 Å². The summed E-state index contributed by atoms with van der Waals surface area (Å²) < 4.78 is 0. The number of hydrogen-bond acceptors (Lipinski definition) is 3. The second kappa shape index (κ2) is 4.94. The monoisotopic (exact) mass is 186 g/mol. The van der Waals surface area contributed by atoms with E-state index in [4.69, 9.17) is 0 Å². The van der Waals surface area contributed by atoms with E-state index in [0.29, 0.717) is 0 Å². The normalized spacial score (nSPS) is 23.3. The van der Waals surface area contributed by atoms with Gasteiger partial charge in [0, 0.05) is 13.0 Å². The third kappa shape index (κ3) is 3.25. The maximum Gasteiger partial charge on any atom is 0.116 e. The predicted molar refractivity (Wildman–Crippen MR) is 54.6 cm³/mol. The average Bonchev–Trinajstić information content (AvgIpc) is 2.67. The van der Waals surface area contributed by atoms with Crippen LogP contribution in [0.25, 0.3) is 0 Å². The molecular weight excluding hydrogens is 164 g/mol. The Morgan fingerprint density at radius 1 is 1.38 bits per heavy atom. The van der Waals surface area contributed by atoms with Gasteiger partial charge in [-0.1, -0.05) is 6.92 Å². The highest BCUT2D eigenvalue weighted by atomic mass is 16.3. The van der Waals surface area contributed by atoms with Crippen molar-refractivity contribution in [1.82, 2.24) is 10.2 Å². The van der Waals surface area contributed by atoms with Crippen molar-refractivity contribution in [3.8, 4) is 0 Å². The van der Waals surface area contributed by atoms with Gasteiger partial charge in [0.15, 0.2) is 0 Å². The number of hydrogen-bond donors (Lipinski definition) is 2. The summed E-state index contributed by atoms with van der Waals surface area (Å²) >= 11 is 0. The van der Waals surface area contributed by atoms with Crippen LogP contribution in [0.15, 0.2) is 0 Å². The lowest BCUT2D eigenvalue weighted by atomic mass is 10.1. The van der Waals surface area contributed by atoms with Gasteiger partial charge >= 0.3 is 0 Å². The second-order valence-electron chi connectivity index (χ2n) is 3.93. The van der Waals surface area contributed by atoms with Gasteiger partial charge in [0.25, 0.3) is 0 Å². The Morgan fingerprint density at radius 3 is 2.46 bits per heavy atom. The Bertz CT molecular complexity index is 140. The van der Waals surface area contributed by atoms with Crippen LogP contribution in [0.5, 0.6) is 0 Å². The van der Waals surface area contributed by atoms with E-state index in [1.54, 1.807) is 0 Å². The van der Waals surface area contributed by atoms with E-state index in [2.05, 4.69) is 10.2 Å². The summed E-state index contributed by atoms with van der Waals surface area (Å²) in [6.07, 6.45) is 4.26. The minimum Gasteiger partial charge on any atom is -0.376 e. The minimum absolute atomic E-state index is 0.650. The van der Waals surface area contributed by atoms with E-state index >= 15 is 0 Å². The largest absolute Gasteiger partial charge is 0.376 e. The van der Waals surface area contributed by atoms with Gasteiger partial charge in [0.2, 0.25) is 0 Å². The molecule has 0 amide bonds. The van der Waals surface area contributed by atoms with Gasteiger partial charge in [-0.2, -0.15) is 0 Å². The Hall–Kier alpha value is -0.120. The third-order valence-corrected chi connectivity index (χ3v) is 3.09. The van der Waals surface area contributed by atoms with Crippen molar-refractivity contribution >= 4 is 0 Å². The quantitative estimate of drug-likeness (QED) is 0.623. The maximum absolute atomic E-state index is 9.95. The molecule has 1 heterocycles. The summed E-state index contributed by atoms with van der Waals surface area (Å²) in [5.74, 6) is 0. The first-order valence-electron chi connectivity index (χ1n) is 5.34. The standard InChI is InChI=1S/C10H22N2O/c1-3-10(13,11-2)6-9-12-7-4-5-8-12/h11,13H,3-9H2,1-2H3. The summed E-state index contributed by atoms with van der Waals surface area (Å²) in [5, 5.41) is 12.9. The lowest BCUT2D eigenvalue weighted by Gasteiger charge is -2.28. The molecule has 3 nitrogen and oxygen atoms in total. The molecule has 1 aliphatic rings. The van der Waals surface area contributed by atoms with E-state index in [0.717, 1.165) is 19.4 Å². The number of likely N-dealkylation sites (tertiary alicyclic amines) is 1. The van der Waals surface area contributed by atoms with Crippen LogP contribution in [-0.2, 0) is 0 Å². The van der Waals surface area contributed by atoms with Crippen molar-refractivity contribution in [3.05, 3.63) is 0 Å². The second-order valence-corrected chi connectivity index (χ2v) is 3.93. The van der Waals surface area contributed by atoms with Crippen molar-refractivity contribution in [2.24, 2.45) is 0 Å². The molecule has 78 valence electrons. The molecule has 0 spiro atoms. The summed E-state index contributed by atoms with van der Waals surface area (Å²) in [7, 11) is 1.83. The fraction of sp³-hybridized carbons (Fsp3) is 1.00. The number of nitrogens with one attached hydrogen (secondary N) is 1. The summed E-state index contributed by atoms with van der Waals surface area (Å²) in [6.45, 7) is 5.46. The van der Waals surface area contributed by atoms with Crippen molar-refractivity contribution in [2.45, 2.75) is 38.3 Å².